The Balaban J connectivity index is 1.78. The van der Waals surface area contributed by atoms with Crippen molar-refractivity contribution in [3.05, 3.63) is 63.2 Å². The van der Waals surface area contributed by atoms with Crippen molar-refractivity contribution in [2.75, 3.05) is 11.9 Å². The first-order chi connectivity index (χ1) is 10.6. The molecule has 0 saturated heterocycles. The number of amides is 2. The van der Waals surface area contributed by atoms with E-state index in [1.54, 1.807) is 24.3 Å². The van der Waals surface area contributed by atoms with Crippen LogP contribution in [0.3, 0.4) is 0 Å². The van der Waals surface area contributed by atoms with E-state index in [0.717, 1.165) is 9.26 Å². The average molecular weight is 408 g/mol. The molecule has 0 spiro atoms. The minimum atomic E-state index is -0.168. The molecule has 0 radical (unpaired) electrons. The predicted molar refractivity (Wildman–Crippen MR) is 95.9 cm³/mol. The molecule has 0 heterocycles. The highest BCUT2D eigenvalue weighted by atomic mass is 127. The van der Waals surface area contributed by atoms with Crippen LogP contribution in [0.2, 0.25) is 0 Å². The molecule has 0 bridgehead atoms. The van der Waals surface area contributed by atoms with Gasteiger partial charge in [-0.2, -0.15) is 0 Å². The number of carbonyl (C=O) groups is 2. The van der Waals surface area contributed by atoms with Gasteiger partial charge in [0.1, 0.15) is 0 Å². The summed E-state index contributed by atoms with van der Waals surface area (Å²) < 4.78 is 1.10. The van der Waals surface area contributed by atoms with E-state index in [4.69, 9.17) is 0 Å². The summed E-state index contributed by atoms with van der Waals surface area (Å²) in [6, 6.07) is 14.7. The molecule has 2 rings (SSSR count). The van der Waals surface area contributed by atoms with E-state index < -0.39 is 0 Å². The van der Waals surface area contributed by atoms with Crippen molar-refractivity contribution < 1.29 is 9.59 Å². The minimum Gasteiger partial charge on any atom is -0.352 e. The smallest absolute Gasteiger partial charge is 0.251 e. The van der Waals surface area contributed by atoms with Crippen molar-refractivity contribution >= 4 is 40.1 Å². The Labute approximate surface area is 143 Å². The fourth-order valence-electron chi connectivity index (χ4n) is 1.88. The number of anilines is 1. The van der Waals surface area contributed by atoms with Crippen LogP contribution >= 0.6 is 22.6 Å². The van der Waals surface area contributed by atoms with Crippen LogP contribution in [0.4, 0.5) is 5.69 Å². The second-order valence-corrected chi connectivity index (χ2v) is 6.05. The normalized spacial score (nSPS) is 10.1. The van der Waals surface area contributed by atoms with E-state index in [2.05, 4.69) is 33.2 Å². The van der Waals surface area contributed by atoms with Gasteiger partial charge in [-0.05, 0) is 59.3 Å². The molecular formula is C17H17IN2O2. The molecule has 2 amide bonds. The number of hydrogen-bond acceptors (Lipinski definition) is 2. The highest BCUT2D eigenvalue weighted by Gasteiger charge is 2.07. The lowest BCUT2D eigenvalue weighted by Crippen LogP contribution is -2.27. The Morgan fingerprint density at radius 3 is 2.50 bits per heavy atom. The van der Waals surface area contributed by atoms with Gasteiger partial charge in [0.15, 0.2) is 0 Å². The van der Waals surface area contributed by atoms with Crippen molar-refractivity contribution in [2.24, 2.45) is 0 Å². The second kappa shape index (κ2) is 7.93. The maximum absolute atomic E-state index is 11.9. The van der Waals surface area contributed by atoms with E-state index >= 15 is 0 Å². The summed E-state index contributed by atoms with van der Waals surface area (Å²) in [6.45, 7) is 2.33. The van der Waals surface area contributed by atoms with E-state index in [-0.39, 0.29) is 18.2 Å². The van der Waals surface area contributed by atoms with Crippen molar-refractivity contribution in [3.63, 3.8) is 0 Å². The Morgan fingerprint density at radius 1 is 1.09 bits per heavy atom. The van der Waals surface area contributed by atoms with E-state index in [0.29, 0.717) is 12.1 Å². The SMILES string of the molecule is Cc1ccc(NC(=O)CCNC(=O)c2ccccc2)cc1I. The molecule has 0 aromatic heterocycles. The van der Waals surface area contributed by atoms with Crippen LogP contribution in [0.25, 0.3) is 0 Å². The zero-order valence-electron chi connectivity index (χ0n) is 12.2. The van der Waals surface area contributed by atoms with Gasteiger partial charge in [-0.1, -0.05) is 24.3 Å². The molecular weight excluding hydrogens is 391 g/mol. The van der Waals surface area contributed by atoms with Gasteiger partial charge in [-0.3, -0.25) is 9.59 Å². The number of nitrogens with one attached hydrogen (secondary N) is 2. The number of carbonyl (C=O) groups excluding carboxylic acids is 2. The molecule has 114 valence electrons. The molecule has 0 aliphatic rings. The highest BCUT2D eigenvalue weighted by Crippen LogP contribution is 2.17. The number of benzene rings is 2. The quantitative estimate of drug-likeness (QED) is 0.746. The zero-order chi connectivity index (χ0) is 15.9. The molecule has 0 atom stereocenters. The third-order valence-corrected chi connectivity index (χ3v) is 4.29. The Kier molecular flexibility index (Phi) is 5.94. The number of halogens is 1. The van der Waals surface area contributed by atoms with Crippen molar-refractivity contribution in [1.29, 1.82) is 0 Å². The van der Waals surface area contributed by atoms with Gasteiger partial charge in [0, 0.05) is 27.8 Å². The monoisotopic (exact) mass is 408 g/mol. The molecule has 2 aromatic carbocycles. The second-order valence-electron chi connectivity index (χ2n) is 4.88. The van der Waals surface area contributed by atoms with Gasteiger partial charge in [0.2, 0.25) is 5.91 Å². The summed E-state index contributed by atoms with van der Waals surface area (Å²) in [5, 5.41) is 5.56. The van der Waals surface area contributed by atoms with Crippen molar-refractivity contribution in [3.8, 4) is 0 Å². The van der Waals surface area contributed by atoms with Gasteiger partial charge < -0.3 is 10.6 Å². The number of hydrogen-bond donors (Lipinski definition) is 2. The van der Waals surface area contributed by atoms with Crippen LogP contribution < -0.4 is 10.6 Å². The Morgan fingerprint density at radius 2 is 1.82 bits per heavy atom. The van der Waals surface area contributed by atoms with Crippen LogP contribution in [0, 0.1) is 10.5 Å². The van der Waals surface area contributed by atoms with Crippen molar-refractivity contribution in [1.82, 2.24) is 5.32 Å². The van der Waals surface area contributed by atoms with Gasteiger partial charge in [-0.25, -0.2) is 0 Å². The van der Waals surface area contributed by atoms with Gasteiger partial charge in [0.05, 0.1) is 0 Å². The van der Waals surface area contributed by atoms with Crippen LogP contribution in [0.15, 0.2) is 48.5 Å². The first-order valence-corrected chi connectivity index (χ1v) is 8.03. The topological polar surface area (TPSA) is 58.2 Å². The van der Waals surface area contributed by atoms with Gasteiger partial charge in [-0.15, -0.1) is 0 Å². The van der Waals surface area contributed by atoms with E-state index in [1.165, 1.54) is 5.56 Å². The molecule has 0 unspecified atom stereocenters. The maximum atomic E-state index is 11.9. The summed E-state index contributed by atoms with van der Waals surface area (Å²) in [5.74, 6) is -0.286. The van der Waals surface area contributed by atoms with Crippen molar-refractivity contribution in [2.45, 2.75) is 13.3 Å². The van der Waals surface area contributed by atoms with Gasteiger partial charge in [0.25, 0.3) is 5.91 Å². The third-order valence-electron chi connectivity index (χ3n) is 3.13. The summed E-state index contributed by atoms with van der Waals surface area (Å²) in [5.41, 5.74) is 2.54. The minimum absolute atomic E-state index is 0.118. The molecule has 0 aliphatic heterocycles. The summed E-state index contributed by atoms with van der Waals surface area (Å²) in [7, 11) is 0. The third kappa shape index (κ3) is 4.84. The number of rotatable bonds is 5. The van der Waals surface area contributed by atoms with Crippen LogP contribution in [-0.4, -0.2) is 18.4 Å². The molecule has 2 N–H and O–H groups in total. The fourth-order valence-corrected chi connectivity index (χ4v) is 2.39. The highest BCUT2D eigenvalue weighted by molar-refractivity contribution is 14.1. The Bertz CT molecular complexity index is 672. The first kappa shape index (κ1) is 16.5. The Hall–Kier alpha value is -1.89. The van der Waals surface area contributed by atoms with Crippen LogP contribution in [0.1, 0.15) is 22.3 Å². The summed E-state index contributed by atoms with van der Waals surface area (Å²) in [6.07, 6.45) is 0.239. The molecule has 0 fully saturated rings. The number of aryl methyl sites for hydroxylation is 1. The predicted octanol–water partition coefficient (Wildman–Crippen LogP) is 3.36. The standard InChI is InChI=1S/C17H17IN2O2/c1-12-7-8-14(11-15(12)18)20-16(21)9-10-19-17(22)13-5-3-2-4-6-13/h2-8,11H,9-10H2,1H3,(H,19,22)(H,20,21). The summed E-state index contributed by atoms with van der Waals surface area (Å²) in [4.78, 5) is 23.7. The van der Waals surface area contributed by atoms with E-state index in [9.17, 15) is 9.59 Å². The molecule has 22 heavy (non-hydrogen) atoms. The lowest BCUT2D eigenvalue weighted by atomic mass is 10.2. The largest absolute Gasteiger partial charge is 0.352 e. The van der Waals surface area contributed by atoms with Crippen LogP contribution in [0.5, 0.6) is 0 Å². The van der Waals surface area contributed by atoms with Gasteiger partial charge >= 0.3 is 0 Å². The van der Waals surface area contributed by atoms with E-state index in [1.807, 2.05) is 31.2 Å². The first-order valence-electron chi connectivity index (χ1n) is 6.95. The average Bonchev–Trinajstić information content (AvgIpc) is 2.51. The zero-order valence-corrected chi connectivity index (χ0v) is 14.4. The lowest BCUT2D eigenvalue weighted by Gasteiger charge is -2.08. The molecule has 2 aromatic rings. The lowest BCUT2D eigenvalue weighted by molar-refractivity contribution is -0.116. The molecule has 4 nitrogen and oxygen atoms in total. The molecule has 5 heteroatoms. The summed E-state index contributed by atoms with van der Waals surface area (Å²) >= 11 is 2.23. The molecule has 0 saturated carbocycles. The van der Waals surface area contributed by atoms with Crippen LogP contribution in [-0.2, 0) is 4.79 Å². The maximum Gasteiger partial charge on any atom is 0.251 e. The fraction of sp³-hybridized carbons (Fsp3) is 0.176. The molecule has 0 aliphatic carbocycles.